The van der Waals surface area contributed by atoms with Crippen molar-refractivity contribution in [2.75, 3.05) is 5.43 Å². The molecule has 16 heavy (non-hydrogen) atoms. The molecule has 0 bridgehead atoms. The molecule has 80 valence electrons. The lowest BCUT2D eigenvalue weighted by molar-refractivity contribution is 0.596. The SMILES string of the molecule is N#CC(C#N)=NNc1c(F)ccc(F)c1I. The highest BCUT2D eigenvalue weighted by molar-refractivity contribution is 14.1. The fourth-order valence-electron chi connectivity index (χ4n) is 0.816. The lowest BCUT2D eigenvalue weighted by Gasteiger charge is -2.05. The number of anilines is 1. The second-order valence-electron chi connectivity index (χ2n) is 2.51. The normalized spacial score (nSPS) is 8.81. The molecular formula is C9H3F2IN4. The highest BCUT2D eigenvalue weighted by atomic mass is 127. The van der Waals surface area contributed by atoms with E-state index in [0.29, 0.717) is 0 Å². The van der Waals surface area contributed by atoms with Crippen LogP contribution in [0.3, 0.4) is 0 Å². The van der Waals surface area contributed by atoms with Gasteiger partial charge in [0.2, 0.25) is 5.71 Å². The van der Waals surface area contributed by atoms with E-state index in [-0.39, 0.29) is 9.26 Å². The summed E-state index contributed by atoms with van der Waals surface area (Å²) in [6.45, 7) is 0. The Balaban J connectivity index is 3.09. The zero-order valence-corrected chi connectivity index (χ0v) is 9.79. The van der Waals surface area contributed by atoms with Crippen molar-refractivity contribution in [3.05, 3.63) is 27.3 Å². The average molecular weight is 332 g/mol. The number of hydrogen-bond acceptors (Lipinski definition) is 4. The van der Waals surface area contributed by atoms with Crippen LogP contribution >= 0.6 is 22.6 Å². The predicted octanol–water partition coefficient (Wildman–Crippen LogP) is 2.38. The summed E-state index contributed by atoms with van der Waals surface area (Å²) in [6, 6.07) is 4.86. The second kappa shape index (κ2) is 5.37. The topological polar surface area (TPSA) is 72.0 Å². The van der Waals surface area contributed by atoms with Gasteiger partial charge in [-0.1, -0.05) is 0 Å². The number of nitrogens with zero attached hydrogens (tertiary/aromatic N) is 3. The molecule has 4 nitrogen and oxygen atoms in total. The lowest BCUT2D eigenvalue weighted by Crippen LogP contribution is -2.01. The molecule has 7 heteroatoms. The second-order valence-corrected chi connectivity index (χ2v) is 3.59. The van der Waals surface area contributed by atoms with Gasteiger partial charge < -0.3 is 0 Å². The fourth-order valence-corrected chi connectivity index (χ4v) is 1.37. The van der Waals surface area contributed by atoms with E-state index in [1.165, 1.54) is 12.1 Å². The van der Waals surface area contributed by atoms with Crippen LogP contribution in [0.4, 0.5) is 14.5 Å². The van der Waals surface area contributed by atoms with Crippen LogP contribution in [-0.2, 0) is 0 Å². The van der Waals surface area contributed by atoms with Crippen molar-refractivity contribution in [2.24, 2.45) is 5.10 Å². The van der Waals surface area contributed by atoms with Crippen LogP contribution in [0.2, 0.25) is 0 Å². The zero-order valence-electron chi connectivity index (χ0n) is 7.63. The van der Waals surface area contributed by atoms with Gasteiger partial charge in [0.05, 0.1) is 3.57 Å². The van der Waals surface area contributed by atoms with Gasteiger partial charge in [-0.3, -0.25) is 5.43 Å². The maximum absolute atomic E-state index is 13.2. The molecular weight excluding hydrogens is 329 g/mol. The Hall–Kier alpha value is -1.74. The minimum atomic E-state index is -0.718. The number of halogens is 3. The Morgan fingerprint density at radius 2 is 1.81 bits per heavy atom. The highest BCUT2D eigenvalue weighted by Crippen LogP contribution is 2.24. The highest BCUT2D eigenvalue weighted by Gasteiger charge is 2.10. The maximum atomic E-state index is 13.2. The van der Waals surface area contributed by atoms with E-state index in [1.807, 2.05) is 0 Å². The quantitative estimate of drug-likeness (QED) is 0.391. The van der Waals surface area contributed by atoms with Crippen LogP contribution in [0.25, 0.3) is 0 Å². The summed E-state index contributed by atoms with van der Waals surface area (Å²) in [4.78, 5) is 0. The molecule has 0 aliphatic rings. The Kier molecular flexibility index (Phi) is 4.14. The van der Waals surface area contributed by atoms with Crippen LogP contribution in [0.5, 0.6) is 0 Å². The summed E-state index contributed by atoms with van der Waals surface area (Å²) in [5, 5.41) is 20.1. The van der Waals surface area contributed by atoms with E-state index in [1.54, 1.807) is 22.6 Å². The van der Waals surface area contributed by atoms with E-state index in [0.717, 1.165) is 12.1 Å². The zero-order chi connectivity index (χ0) is 12.1. The summed E-state index contributed by atoms with van der Waals surface area (Å²) in [7, 11) is 0. The van der Waals surface area contributed by atoms with Crippen molar-refractivity contribution in [1.82, 2.24) is 0 Å². The predicted molar refractivity (Wildman–Crippen MR) is 61.4 cm³/mol. The molecule has 1 aromatic carbocycles. The van der Waals surface area contributed by atoms with Crippen molar-refractivity contribution in [3.63, 3.8) is 0 Å². The van der Waals surface area contributed by atoms with Gasteiger partial charge in [0, 0.05) is 0 Å². The van der Waals surface area contributed by atoms with Crippen molar-refractivity contribution in [2.45, 2.75) is 0 Å². The Morgan fingerprint density at radius 1 is 1.25 bits per heavy atom. The molecule has 0 aliphatic carbocycles. The van der Waals surface area contributed by atoms with E-state index in [4.69, 9.17) is 10.5 Å². The minimum Gasteiger partial charge on any atom is -0.272 e. The summed E-state index contributed by atoms with van der Waals surface area (Å²) < 4.78 is 26.3. The number of benzene rings is 1. The van der Waals surface area contributed by atoms with Crippen LogP contribution in [0.1, 0.15) is 0 Å². The summed E-state index contributed by atoms with van der Waals surface area (Å²) in [6.07, 6.45) is 0. The smallest absolute Gasteiger partial charge is 0.237 e. The summed E-state index contributed by atoms with van der Waals surface area (Å²) in [5.74, 6) is -1.33. The standard InChI is InChI=1S/C9H3F2IN4/c10-6-1-2-7(11)9(8(6)12)16-15-5(3-13)4-14/h1-2,16H. The third-order valence-corrected chi connectivity index (χ3v) is 2.59. The van der Waals surface area contributed by atoms with Gasteiger partial charge in [-0.15, -0.1) is 0 Å². The summed E-state index contributed by atoms with van der Waals surface area (Å²) in [5.41, 5.74) is 1.47. The van der Waals surface area contributed by atoms with E-state index in [2.05, 4.69) is 10.5 Å². The van der Waals surface area contributed by atoms with Crippen molar-refractivity contribution < 1.29 is 8.78 Å². The molecule has 0 heterocycles. The van der Waals surface area contributed by atoms with Gasteiger partial charge >= 0.3 is 0 Å². The number of nitriles is 2. The van der Waals surface area contributed by atoms with Crippen LogP contribution < -0.4 is 5.43 Å². The first-order valence-electron chi connectivity index (χ1n) is 3.87. The molecule has 0 unspecified atom stereocenters. The van der Waals surface area contributed by atoms with E-state index >= 15 is 0 Å². The van der Waals surface area contributed by atoms with E-state index < -0.39 is 17.3 Å². The maximum Gasteiger partial charge on any atom is 0.237 e. The fraction of sp³-hybridized carbons (Fsp3) is 0. The first-order chi connectivity index (χ1) is 7.60. The van der Waals surface area contributed by atoms with Gasteiger partial charge in [0.1, 0.15) is 29.5 Å². The van der Waals surface area contributed by atoms with Crippen molar-refractivity contribution in [3.8, 4) is 12.1 Å². The van der Waals surface area contributed by atoms with Crippen molar-refractivity contribution in [1.29, 1.82) is 10.5 Å². The summed E-state index contributed by atoms with van der Waals surface area (Å²) >= 11 is 1.59. The molecule has 0 saturated carbocycles. The van der Waals surface area contributed by atoms with Crippen LogP contribution in [0, 0.1) is 37.9 Å². The molecule has 1 rings (SSSR count). The molecule has 1 aromatic rings. The van der Waals surface area contributed by atoms with Gasteiger partial charge in [-0.05, 0) is 34.7 Å². The third kappa shape index (κ3) is 2.64. The number of rotatable bonds is 2. The number of hydrogen-bond donors (Lipinski definition) is 1. The van der Waals surface area contributed by atoms with Gasteiger partial charge in [0.15, 0.2) is 0 Å². The molecule has 0 spiro atoms. The van der Waals surface area contributed by atoms with Gasteiger partial charge in [0.25, 0.3) is 0 Å². The largest absolute Gasteiger partial charge is 0.272 e. The first-order valence-corrected chi connectivity index (χ1v) is 4.95. The van der Waals surface area contributed by atoms with Crippen molar-refractivity contribution >= 4 is 34.0 Å². The molecule has 0 aromatic heterocycles. The number of hydrazone groups is 1. The van der Waals surface area contributed by atoms with Gasteiger partial charge in [-0.25, -0.2) is 8.78 Å². The molecule has 0 atom stereocenters. The molecule has 0 aliphatic heterocycles. The molecule has 0 fully saturated rings. The Bertz CT molecular complexity index is 512. The molecule has 1 N–H and O–H groups in total. The molecule has 0 radical (unpaired) electrons. The number of nitrogens with one attached hydrogen (secondary N) is 1. The first kappa shape index (κ1) is 12.3. The van der Waals surface area contributed by atoms with Crippen LogP contribution in [0.15, 0.2) is 17.2 Å². The van der Waals surface area contributed by atoms with Crippen LogP contribution in [-0.4, -0.2) is 5.71 Å². The average Bonchev–Trinajstić information content (AvgIpc) is 2.29. The van der Waals surface area contributed by atoms with E-state index in [9.17, 15) is 8.78 Å². The lowest BCUT2D eigenvalue weighted by atomic mass is 10.3. The van der Waals surface area contributed by atoms with Gasteiger partial charge in [-0.2, -0.15) is 15.6 Å². The monoisotopic (exact) mass is 332 g/mol. The Labute approximate surface area is 103 Å². The Morgan fingerprint density at radius 3 is 2.38 bits per heavy atom. The molecule has 0 amide bonds. The molecule has 0 saturated heterocycles. The third-order valence-electron chi connectivity index (χ3n) is 1.54. The minimum absolute atomic E-state index is 0.00317.